The Morgan fingerprint density at radius 1 is 1.43 bits per heavy atom. The van der Waals surface area contributed by atoms with Crippen LogP contribution in [0.15, 0.2) is 24.3 Å². The molecule has 2 rings (SSSR count). The highest BCUT2D eigenvalue weighted by molar-refractivity contribution is 5.30. The molecule has 0 saturated carbocycles. The minimum Gasteiger partial charge on any atom is -0.380 e. The monoisotopic (exact) mass is 292 g/mol. The molecule has 1 fully saturated rings. The summed E-state index contributed by atoms with van der Waals surface area (Å²) in [6.07, 6.45) is 2.69. The summed E-state index contributed by atoms with van der Waals surface area (Å²) in [7, 11) is 1.73. The van der Waals surface area contributed by atoms with E-state index >= 15 is 0 Å². The van der Waals surface area contributed by atoms with Crippen LogP contribution < -0.4 is 5.73 Å². The second kappa shape index (κ2) is 8.49. The smallest absolute Gasteiger partial charge is 0.0716 e. The quantitative estimate of drug-likeness (QED) is 0.799. The van der Waals surface area contributed by atoms with Crippen molar-refractivity contribution in [1.82, 2.24) is 4.90 Å². The van der Waals surface area contributed by atoms with Crippen LogP contribution in [0.1, 0.15) is 36.9 Å². The maximum atomic E-state index is 6.10. The van der Waals surface area contributed by atoms with Crippen molar-refractivity contribution in [2.45, 2.75) is 38.5 Å². The number of nitrogens with two attached hydrogens (primary N) is 1. The molecule has 0 radical (unpaired) electrons. The third kappa shape index (κ3) is 4.27. The van der Waals surface area contributed by atoms with Gasteiger partial charge in [-0.3, -0.25) is 4.90 Å². The topological polar surface area (TPSA) is 47.7 Å². The van der Waals surface area contributed by atoms with Crippen molar-refractivity contribution in [1.29, 1.82) is 0 Å². The zero-order chi connectivity index (χ0) is 15.1. The van der Waals surface area contributed by atoms with Gasteiger partial charge in [-0.1, -0.05) is 31.2 Å². The van der Waals surface area contributed by atoms with Crippen molar-refractivity contribution in [3.05, 3.63) is 35.4 Å². The Morgan fingerprint density at radius 2 is 2.24 bits per heavy atom. The third-order valence-corrected chi connectivity index (χ3v) is 4.25. The number of hydrogen-bond donors (Lipinski definition) is 1. The normalized spacial score (nSPS) is 20.1. The number of nitrogens with zero attached hydrogens (tertiary/aromatic N) is 1. The van der Waals surface area contributed by atoms with Gasteiger partial charge in [-0.15, -0.1) is 0 Å². The van der Waals surface area contributed by atoms with Gasteiger partial charge < -0.3 is 15.2 Å². The Hall–Kier alpha value is -0.940. The number of methoxy groups -OCH3 is 1. The van der Waals surface area contributed by atoms with E-state index in [0.717, 1.165) is 26.1 Å². The van der Waals surface area contributed by atoms with Gasteiger partial charge in [0.05, 0.1) is 12.7 Å². The molecule has 0 aromatic heterocycles. The molecule has 2 N–H and O–H groups in total. The zero-order valence-electron chi connectivity index (χ0n) is 13.3. The molecule has 2 atom stereocenters. The molecule has 0 amide bonds. The van der Waals surface area contributed by atoms with Gasteiger partial charge in [0.25, 0.3) is 0 Å². The lowest BCUT2D eigenvalue weighted by molar-refractivity contribution is 0.0596. The largest absolute Gasteiger partial charge is 0.380 e. The van der Waals surface area contributed by atoms with E-state index in [9.17, 15) is 0 Å². The lowest BCUT2D eigenvalue weighted by Gasteiger charge is -2.33. The average Bonchev–Trinajstić information content (AvgIpc) is 3.02. The highest BCUT2D eigenvalue weighted by Gasteiger charge is 2.25. The molecule has 1 heterocycles. The molecule has 118 valence electrons. The van der Waals surface area contributed by atoms with Crippen LogP contribution in [0.5, 0.6) is 0 Å². The second-order valence-electron chi connectivity index (χ2n) is 5.61. The van der Waals surface area contributed by atoms with Gasteiger partial charge >= 0.3 is 0 Å². The summed E-state index contributed by atoms with van der Waals surface area (Å²) in [6, 6.07) is 8.66. The second-order valence-corrected chi connectivity index (χ2v) is 5.61. The maximum absolute atomic E-state index is 6.10. The van der Waals surface area contributed by atoms with E-state index in [4.69, 9.17) is 15.2 Å². The minimum absolute atomic E-state index is 0.227. The van der Waals surface area contributed by atoms with Crippen molar-refractivity contribution in [2.75, 3.05) is 33.4 Å². The van der Waals surface area contributed by atoms with Crippen LogP contribution in [0.25, 0.3) is 0 Å². The first-order valence-electron chi connectivity index (χ1n) is 7.92. The first-order chi connectivity index (χ1) is 10.3. The zero-order valence-corrected chi connectivity index (χ0v) is 13.3. The summed E-state index contributed by atoms with van der Waals surface area (Å²) in [5.41, 5.74) is 8.60. The maximum Gasteiger partial charge on any atom is 0.0716 e. The van der Waals surface area contributed by atoms with Crippen molar-refractivity contribution in [3.8, 4) is 0 Å². The predicted molar refractivity (Wildman–Crippen MR) is 85.2 cm³/mol. The van der Waals surface area contributed by atoms with Gasteiger partial charge in [0, 0.05) is 32.8 Å². The molecule has 0 aliphatic carbocycles. The average molecular weight is 292 g/mol. The van der Waals surface area contributed by atoms with Crippen LogP contribution in [0.3, 0.4) is 0 Å². The molecule has 0 spiro atoms. The fourth-order valence-electron chi connectivity index (χ4n) is 3.15. The van der Waals surface area contributed by atoms with E-state index in [1.807, 2.05) is 0 Å². The molecule has 1 aliphatic heterocycles. The van der Waals surface area contributed by atoms with E-state index in [2.05, 4.69) is 36.1 Å². The fourth-order valence-corrected chi connectivity index (χ4v) is 3.15. The van der Waals surface area contributed by atoms with Crippen LogP contribution in [0.4, 0.5) is 0 Å². The molecular weight excluding hydrogens is 264 g/mol. The summed E-state index contributed by atoms with van der Waals surface area (Å²) in [5, 5.41) is 0. The minimum atomic E-state index is 0.227. The molecule has 4 nitrogen and oxygen atoms in total. The van der Waals surface area contributed by atoms with Crippen LogP contribution in [0, 0.1) is 0 Å². The SMILES string of the molecule is CCN(CC1CCCO1)C(CN)c1ccccc1COC. The number of hydrogen-bond acceptors (Lipinski definition) is 4. The summed E-state index contributed by atoms with van der Waals surface area (Å²) in [4.78, 5) is 2.44. The van der Waals surface area contributed by atoms with Gasteiger partial charge in [0.15, 0.2) is 0 Å². The van der Waals surface area contributed by atoms with E-state index < -0.39 is 0 Å². The highest BCUT2D eigenvalue weighted by Crippen LogP contribution is 2.25. The molecule has 2 unspecified atom stereocenters. The Kier molecular flexibility index (Phi) is 6.64. The predicted octanol–water partition coefficient (Wildman–Crippen LogP) is 2.33. The number of rotatable bonds is 8. The lowest BCUT2D eigenvalue weighted by atomic mass is 9.98. The van der Waals surface area contributed by atoms with E-state index in [1.165, 1.54) is 17.5 Å². The molecule has 1 aromatic carbocycles. The number of likely N-dealkylation sites (N-methyl/N-ethyl adjacent to an activating group) is 1. The Balaban J connectivity index is 2.15. The van der Waals surface area contributed by atoms with Gasteiger partial charge in [0.1, 0.15) is 0 Å². The molecule has 21 heavy (non-hydrogen) atoms. The first kappa shape index (κ1) is 16.4. The van der Waals surface area contributed by atoms with Crippen molar-refractivity contribution >= 4 is 0 Å². The van der Waals surface area contributed by atoms with Crippen molar-refractivity contribution in [2.24, 2.45) is 5.73 Å². The van der Waals surface area contributed by atoms with Crippen LogP contribution >= 0.6 is 0 Å². The van der Waals surface area contributed by atoms with Gasteiger partial charge in [-0.05, 0) is 30.5 Å². The Morgan fingerprint density at radius 3 is 2.86 bits per heavy atom. The van der Waals surface area contributed by atoms with Crippen LogP contribution in [0.2, 0.25) is 0 Å². The third-order valence-electron chi connectivity index (χ3n) is 4.25. The molecule has 0 bridgehead atoms. The molecule has 1 saturated heterocycles. The highest BCUT2D eigenvalue weighted by atomic mass is 16.5. The van der Waals surface area contributed by atoms with E-state index in [-0.39, 0.29) is 6.04 Å². The summed E-state index contributed by atoms with van der Waals surface area (Å²) < 4.78 is 11.1. The Bertz CT molecular complexity index is 419. The summed E-state index contributed by atoms with van der Waals surface area (Å²) >= 11 is 0. The van der Waals surface area contributed by atoms with Crippen LogP contribution in [-0.4, -0.2) is 44.4 Å². The van der Waals surface area contributed by atoms with Crippen molar-refractivity contribution in [3.63, 3.8) is 0 Å². The number of benzene rings is 1. The first-order valence-corrected chi connectivity index (χ1v) is 7.92. The molecule has 1 aliphatic rings. The summed E-state index contributed by atoms with van der Waals surface area (Å²) in [5.74, 6) is 0. The van der Waals surface area contributed by atoms with Crippen molar-refractivity contribution < 1.29 is 9.47 Å². The van der Waals surface area contributed by atoms with Gasteiger partial charge in [-0.2, -0.15) is 0 Å². The number of ether oxygens (including phenoxy) is 2. The van der Waals surface area contributed by atoms with E-state index in [0.29, 0.717) is 19.3 Å². The van der Waals surface area contributed by atoms with E-state index in [1.54, 1.807) is 7.11 Å². The molecular formula is C17H28N2O2. The van der Waals surface area contributed by atoms with Crippen LogP contribution in [-0.2, 0) is 16.1 Å². The Labute approximate surface area is 128 Å². The summed E-state index contributed by atoms with van der Waals surface area (Å²) in [6.45, 7) is 6.26. The fraction of sp³-hybridized carbons (Fsp3) is 0.647. The standard InChI is InChI=1S/C17H28N2O2/c1-3-19(12-15-8-6-10-21-15)17(11-18)16-9-5-4-7-14(16)13-20-2/h4-5,7,9,15,17H,3,6,8,10-13,18H2,1-2H3. The lowest BCUT2D eigenvalue weighted by Crippen LogP contribution is -2.39. The van der Waals surface area contributed by atoms with Gasteiger partial charge in [0.2, 0.25) is 0 Å². The molecule has 1 aromatic rings. The van der Waals surface area contributed by atoms with Gasteiger partial charge in [-0.25, -0.2) is 0 Å². The molecule has 4 heteroatoms.